The molecule has 102 valence electrons. The van der Waals surface area contributed by atoms with Crippen molar-refractivity contribution in [3.05, 3.63) is 0 Å². The average Bonchev–Trinajstić information content (AvgIpc) is 2.16. The van der Waals surface area contributed by atoms with Crippen LogP contribution in [0.15, 0.2) is 0 Å². The van der Waals surface area contributed by atoms with E-state index >= 15 is 0 Å². The molecule has 0 aliphatic carbocycles. The first kappa shape index (κ1) is 16.4. The molecule has 5 nitrogen and oxygen atoms in total. The second-order valence-corrected chi connectivity index (χ2v) is 5.94. The maximum Gasteiger partial charge on any atom is 0.323 e. The van der Waals surface area contributed by atoms with Crippen molar-refractivity contribution in [1.29, 1.82) is 0 Å². The Kier molecular flexibility index (Phi) is 5.13. The molecule has 0 spiro atoms. The summed E-state index contributed by atoms with van der Waals surface area (Å²) in [4.78, 5) is 11.4. The van der Waals surface area contributed by atoms with Gasteiger partial charge in [0.15, 0.2) is 0 Å². The minimum Gasteiger partial charge on any atom is -0.480 e. The van der Waals surface area contributed by atoms with E-state index in [0.717, 1.165) is 0 Å². The third kappa shape index (κ3) is 5.02. The monoisotopic (exact) mass is 247 g/mol. The molecule has 3 N–H and O–H groups in total. The maximum absolute atomic E-state index is 11.4. The fourth-order valence-electron chi connectivity index (χ4n) is 1.88. The fourth-order valence-corrected chi connectivity index (χ4v) is 1.88. The molecule has 0 radical (unpaired) electrons. The number of aliphatic hydroxyl groups excluding tert-OH is 1. The number of nitrogens with one attached hydrogen (secondary N) is 1. The van der Waals surface area contributed by atoms with E-state index in [4.69, 9.17) is 4.74 Å². The van der Waals surface area contributed by atoms with E-state index in [1.807, 2.05) is 13.8 Å². The van der Waals surface area contributed by atoms with Gasteiger partial charge in [0.05, 0.1) is 12.2 Å². The topological polar surface area (TPSA) is 78.8 Å². The van der Waals surface area contributed by atoms with Gasteiger partial charge >= 0.3 is 5.97 Å². The highest BCUT2D eigenvalue weighted by Crippen LogP contribution is 2.25. The highest BCUT2D eigenvalue weighted by atomic mass is 16.5. The van der Waals surface area contributed by atoms with Crippen molar-refractivity contribution >= 4 is 5.97 Å². The van der Waals surface area contributed by atoms with Gasteiger partial charge in [0.25, 0.3) is 0 Å². The molecule has 0 rings (SSSR count). The Balaban J connectivity index is 5.00. The summed E-state index contributed by atoms with van der Waals surface area (Å²) in [6.07, 6.45) is 0.301. The van der Waals surface area contributed by atoms with Crippen molar-refractivity contribution in [3.63, 3.8) is 0 Å². The maximum atomic E-state index is 11.4. The van der Waals surface area contributed by atoms with Gasteiger partial charge < -0.3 is 14.9 Å². The summed E-state index contributed by atoms with van der Waals surface area (Å²) < 4.78 is 5.27. The molecular formula is C12H25NO4. The summed E-state index contributed by atoms with van der Waals surface area (Å²) in [5.74, 6) is -0.954. The van der Waals surface area contributed by atoms with E-state index in [9.17, 15) is 15.0 Å². The van der Waals surface area contributed by atoms with Crippen molar-refractivity contribution in [2.75, 3.05) is 13.7 Å². The molecule has 0 bridgehead atoms. The van der Waals surface area contributed by atoms with Crippen LogP contribution in [0.3, 0.4) is 0 Å². The van der Waals surface area contributed by atoms with Gasteiger partial charge in [-0.1, -0.05) is 0 Å². The second-order valence-electron chi connectivity index (χ2n) is 5.94. The molecule has 0 saturated heterocycles. The van der Waals surface area contributed by atoms with Gasteiger partial charge in [0.2, 0.25) is 0 Å². The summed E-state index contributed by atoms with van der Waals surface area (Å²) in [5, 5.41) is 21.5. The van der Waals surface area contributed by atoms with Crippen LogP contribution in [0.1, 0.15) is 41.0 Å². The van der Waals surface area contributed by atoms with Crippen LogP contribution in [-0.2, 0) is 9.53 Å². The zero-order chi connectivity index (χ0) is 13.9. The Bertz CT molecular complexity index is 256. The second kappa shape index (κ2) is 5.33. The Hall–Kier alpha value is -0.650. The summed E-state index contributed by atoms with van der Waals surface area (Å²) in [5.41, 5.74) is -2.35. The molecule has 5 heteroatoms. The van der Waals surface area contributed by atoms with Gasteiger partial charge in [-0.3, -0.25) is 10.1 Å². The Morgan fingerprint density at radius 2 is 1.71 bits per heavy atom. The molecule has 0 saturated carbocycles. The van der Waals surface area contributed by atoms with Crippen molar-refractivity contribution < 1.29 is 19.7 Å². The number of hydrogen-bond acceptors (Lipinski definition) is 4. The Morgan fingerprint density at radius 1 is 1.24 bits per heavy atom. The third-order valence-electron chi connectivity index (χ3n) is 2.81. The smallest absolute Gasteiger partial charge is 0.323 e. The van der Waals surface area contributed by atoms with Crippen LogP contribution in [0.25, 0.3) is 0 Å². The van der Waals surface area contributed by atoms with Gasteiger partial charge in [0, 0.05) is 19.1 Å². The fraction of sp³-hybridized carbons (Fsp3) is 0.917. The van der Waals surface area contributed by atoms with Crippen LogP contribution >= 0.6 is 0 Å². The zero-order valence-electron chi connectivity index (χ0n) is 11.6. The summed E-state index contributed by atoms with van der Waals surface area (Å²) in [6, 6.07) is 0. The highest BCUT2D eigenvalue weighted by molar-refractivity contribution is 5.78. The molecule has 0 fully saturated rings. The van der Waals surface area contributed by atoms with E-state index in [1.54, 1.807) is 27.9 Å². The first-order chi connectivity index (χ1) is 7.48. The van der Waals surface area contributed by atoms with Crippen molar-refractivity contribution in [2.24, 2.45) is 0 Å². The van der Waals surface area contributed by atoms with Gasteiger partial charge in [-0.05, 0) is 34.6 Å². The molecule has 0 aromatic rings. The normalized spacial score (nSPS) is 16.6. The van der Waals surface area contributed by atoms with E-state index in [0.29, 0.717) is 6.42 Å². The van der Waals surface area contributed by atoms with Gasteiger partial charge in [-0.2, -0.15) is 0 Å². The Morgan fingerprint density at radius 3 is 2.00 bits per heavy atom. The number of carboxylic acids is 1. The number of rotatable bonds is 7. The number of carboxylic acid groups (broad SMARTS) is 1. The van der Waals surface area contributed by atoms with Gasteiger partial charge in [-0.25, -0.2) is 0 Å². The molecule has 0 amide bonds. The van der Waals surface area contributed by atoms with E-state index < -0.39 is 22.6 Å². The molecule has 17 heavy (non-hydrogen) atoms. The number of aliphatic carboxylic acids is 1. The number of carbonyl (C=O) groups is 1. The van der Waals surface area contributed by atoms with Crippen LogP contribution < -0.4 is 5.32 Å². The molecule has 0 aromatic carbocycles. The minimum atomic E-state index is -1.15. The van der Waals surface area contributed by atoms with Crippen LogP contribution in [-0.4, -0.2) is 46.6 Å². The SMILES string of the molecule is COC(C)(C)CC(C)(NC(C)(C)CO)C(=O)O. The molecule has 0 aromatic heterocycles. The summed E-state index contributed by atoms with van der Waals surface area (Å²) in [7, 11) is 1.56. The number of ether oxygens (including phenoxy) is 1. The molecule has 0 aliphatic heterocycles. The van der Waals surface area contributed by atoms with Crippen molar-refractivity contribution in [3.8, 4) is 0 Å². The van der Waals surface area contributed by atoms with Crippen LogP contribution in [0.5, 0.6) is 0 Å². The summed E-state index contributed by atoms with van der Waals surface area (Å²) in [6.45, 7) is 8.66. The van der Waals surface area contributed by atoms with Crippen LogP contribution in [0.4, 0.5) is 0 Å². The zero-order valence-corrected chi connectivity index (χ0v) is 11.6. The minimum absolute atomic E-state index is 0.136. The van der Waals surface area contributed by atoms with E-state index in [2.05, 4.69) is 5.32 Å². The quantitative estimate of drug-likeness (QED) is 0.625. The van der Waals surface area contributed by atoms with Gasteiger partial charge in [0.1, 0.15) is 5.54 Å². The number of hydrogen-bond donors (Lipinski definition) is 3. The van der Waals surface area contributed by atoms with E-state index in [-0.39, 0.29) is 6.61 Å². The van der Waals surface area contributed by atoms with E-state index in [1.165, 1.54) is 0 Å². The average molecular weight is 247 g/mol. The largest absolute Gasteiger partial charge is 0.480 e. The molecule has 0 heterocycles. The first-order valence-electron chi connectivity index (χ1n) is 5.67. The lowest BCUT2D eigenvalue weighted by Crippen LogP contribution is -2.61. The Labute approximate surface area is 103 Å². The predicted octanol–water partition coefficient (Wildman–Crippen LogP) is 1.01. The molecule has 1 atom stereocenters. The van der Waals surface area contributed by atoms with Crippen LogP contribution in [0.2, 0.25) is 0 Å². The van der Waals surface area contributed by atoms with Gasteiger partial charge in [-0.15, -0.1) is 0 Å². The number of aliphatic hydroxyl groups is 1. The molecule has 1 unspecified atom stereocenters. The molecular weight excluding hydrogens is 222 g/mol. The summed E-state index contributed by atoms with van der Waals surface area (Å²) >= 11 is 0. The van der Waals surface area contributed by atoms with Crippen molar-refractivity contribution in [1.82, 2.24) is 5.32 Å². The molecule has 0 aliphatic rings. The lowest BCUT2D eigenvalue weighted by molar-refractivity contribution is -0.148. The predicted molar refractivity (Wildman–Crippen MR) is 66.0 cm³/mol. The van der Waals surface area contributed by atoms with Crippen molar-refractivity contribution in [2.45, 2.75) is 57.7 Å². The standard InChI is InChI=1S/C12H25NO4/c1-10(2,8-14)13-12(5,9(15)16)7-11(3,4)17-6/h13-14H,7-8H2,1-6H3,(H,15,16). The highest BCUT2D eigenvalue weighted by Gasteiger charge is 2.42. The number of methoxy groups -OCH3 is 1. The third-order valence-corrected chi connectivity index (χ3v) is 2.81. The first-order valence-corrected chi connectivity index (χ1v) is 5.67. The lowest BCUT2D eigenvalue weighted by atomic mass is 9.85. The lowest BCUT2D eigenvalue weighted by Gasteiger charge is -2.39. The van der Waals surface area contributed by atoms with Crippen LogP contribution in [0, 0.1) is 0 Å².